The second-order valence-corrected chi connectivity index (χ2v) is 13.1. The molecule has 0 aromatic heterocycles. The van der Waals surface area contributed by atoms with Gasteiger partial charge in [-0.1, -0.05) is 89.7 Å². The molecule has 0 saturated carbocycles. The number of halogens is 1. The Labute approximate surface area is 255 Å². The Kier molecular flexibility index (Phi) is 11.4. The number of unbranched alkanes of at least 4 members (excludes halogenated alkanes) is 2. The van der Waals surface area contributed by atoms with Gasteiger partial charge in [0.05, 0.1) is 12.5 Å². The second kappa shape index (κ2) is 14.3. The summed E-state index contributed by atoms with van der Waals surface area (Å²) in [6.45, 7) is 13.3. The number of hydrogen-bond acceptors (Lipinski definition) is 4. The zero-order valence-electron chi connectivity index (χ0n) is 25.9. The molecule has 7 nitrogen and oxygen atoms in total. The molecule has 2 amide bonds. The van der Waals surface area contributed by atoms with Crippen LogP contribution in [0.4, 0.5) is 0 Å². The van der Waals surface area contributed by atoms with E-state index in [9.17, 15) is 14.4 Å². The molecule has 2 N–H and O–H groups in total. The topological polar surface area (TPSA) is 99.1 Å². The number of benzene rings is 2. The minimum absolute atomic E-state index is 0.0623. The molecule has 3 unspecified atom stereocenters. The molecule has 0 fully saturated rings. The summed E-state index contributed by atoms with van der Waals surface area (Å²) in [7, 11) is 0. The van der Waals surface area contributed by atoms with Gasteiger partial charge in [0.1, 0.15) is 11.4 Å². The van der Waals surface area contributed by atoms with Crippen LogP contribution in [0.5, 0.6) is 0 Å². The highest BCUT2D eigenvalue weighted by Crippen LogP contribution is 2.42. The van der Waals surface area contributed by atoms with Crippen LogP contribution in [0.25, 0.3) is 0 Å². The molecule has 0 spiro atoms. The summed E-state index contributed by atoms with van der Waals surface area (Å²) in [6, 6.07) is 14.4. The minimum Gasteiger partial charge on any atom is -0.481 e. The third-order valence-corrected chi connectivity index (χ3v) is 8.73. The Morgan fingerprint density at radius 2 is 1.79 bits per heavy atom. The van der Waals surface area contributed by atoms with Crippen molar-refractivity contribution in [1.82, 2.24) is 10.2 Å². The molecular formula is C34H46ClN3O4. The van der Waals surface area contributed by atoms with Crippen LogP contribution >= 0.6 is 11.6 Å². The number of nitrogens with one attached hydrogen (secondary N) is 1. The lowest BCUT2D eigenvalue weighted by Crippen LogP contribution is -2.47. The van der Waals surface area contributed by atoms with Crippen molar-refractivity contribution in [3.63, 3.8) is 0 Å². The van der Waals surface area contributed by atoms with Crippen molar-refractivity contribution in [2.75, 3.05) is 6.54 Å². The van der Waals surface area contributed by atoms with E-state index in [1.54, 1.807) is 24.3 Å². The summed E-state index contributed by atoms with van der Waals surface area (Å²) in [5.74, 6) is -0.973. The zero-order valence-corrected chi connectivity index (χ0v) is 26.6. The van der Waals surface area contributed by atoms with E-state index < -0.39 is 11.6 Å². The summed E-state index contributed by atoms with van der Waals surface area (Å²) in [6.07, 6.45) is 5.31. The fourth-order valence-corrected chi connectivity index (χ4v) is 5.54. The van der Waals surface area contributed by atoms with Crippen molar-refractivity contribution in [3.05, 3.63) is 70.2 Å². The quantitative estimate of drug-likeness (QED) is 0.219. The van der Waals surface area contributed by atoms with Gasteiger partial charge in [-0.05, 0) is 67.3 Å². The van der Waals surface area contributed by atoms with Crippen molar-refractivity contribution in [1.29, 1.82) is 0 Å². The highest BCUT2D eigenvalue weighted by molar-refractivity contribution is 6.47. The largest absolute Gasteiger partial charge is 0.481 e. The zero-order chi connectivity index (χ0) is 31.1. The van der Waals surface area contributed by atoms with E-state index in [0.29, 0.717) is 27.8 Å². The van der Waals surface area contributed by atoms with E-state index in [1.165, 1.54) is 0 Å². The fourth-order valence-electron chi connectivity index (χ4n) is 5.35. The Balaban J connectivity index is 2.00. The smallest absolute Gasteiger partial charge is 0.305 e. The fraction of sp³-hybridized carbons (Fsp3) is 0.529. The number of carboxylic acids is 1. The molecule has 8 heteroatoms. The van der Waals surface area contributed by atoms with Crippen LogP contribution in [0.15, 0.2) is 53.5 Å². The molecular weight excluding hydrogens is 550 g/mol. The highest BCUT2D eigenvalue weighted by Gasteiger charge is 2.47. The van der Waals surface area contributed by atoms with Gasteiger partial charge in [0, 0.05) is 22.7 Å². The van der Waals surface area contributed by atoms with Gasteiger partial charge in [0.15, 0.2) is 0 Å². The average Bonchev–Trinajstić information content (AvgIpc) is 3.19. The molecule has 2 aromatic rings. The normalized spacial score (nSPS) is 18.5. The standard InChI is InChI=1S/C34H46ClN3O4/c1-7-8-9-13-28(24-14-16-25(17-15-24)31(41)36-21-19-29(39)40)38-32(42)30(26-11-10-12-27(35)22-26)37-34(38,6)20-18-23(2)33(3,4)5/h10-12,14-17,22-23,28H,7-9,13,18-21H2,1-6H3,(H,36,41)(H,39,40). The van der Waals surface area contributed by atoms with Crippen LogP contribution in [0.3, 0.4) is 0 Å². The third kappa shape index (κ3) is 8.43. The number of aliphatic carboxylic acids is 1. The molecule has 1 aliphatic rings. The first kappa shape index (κ1) is 33.3. The van der Waals surface area contributed by atoms with Crippen molar-refractivity contribution >= 4 is 35.1 Å². The third-order valence-electron chi connectivity index (χ3n) is 8.50. The van der Waals surface area contributed by atoms with E-state index in [1.807, 2.05) is 29.2 Å². The number of carbonyl (C=O) groups excluding carboxylic acids is 2. The molecule has 0 radical (unpaired) electrons. The predicted molar refractivity (Wildman–Crippen MR) is 169 cm³/mol. The van der Waals surface area contributed by atoms with Crippen molar-refractivity contribution < 1.29 is 19.5 Å². The lowest BCUT2D eigenvalue weighted by molar-refractivity contribution is -0.137. The van der Waals surface area contributed by atoms with Crippen molar-refractivity contribution in [2.45, 2.75) is 98.2 Å². The van der Waals surface area contributed by atoms with Crippen LogP contribution in [0, 0.1) is 11.3 Å². The molecule has 0 saturated heterocycles. The Morgan fingerprint density at radius 1 is 1.10 bits per heavy atom. The lowest BCUT2D eigenvalue weighted by Gasteiger charge is -2.41. The van der Waals surface area contributed by atoms with Gasteiger partial charge >= 0.3 is 5.97 Å². The number of carboxylic acid groups (broad SMARTS) is 1. The summed E-state index contributed by atoms with van der Waals surface area (Å²) < 4.78 is 0. The number of nitrogens with zero attached hydrogens (tertiary/aromatic N) is 2. The van der Waals surface area contributed by atoms with Gasteiger partial charge in [0.25, 0.3) is 11.8 Å². The maximum absolute atomic E-state index is 14.3. The number of rotatable bonds is 14. The lowest BCUT2D eigenvalue weighted by atomic mass is 9.78. The van der Waals surface area contributed by atoms with Crippen LogP contribution in [-0.4, -0.2) is 45.7 Å². The van der Waals surface area contributed by atoms with Gasteiger partial charge in [-0.2, -0.15) is 0 Å². The molecule has 1 heterocycles. The monoisotopic (exact) mass is 595 g/mol. The van der Waals surface area contributed by atoms with E-state index in [0.717, 1.165) is 44.1 Å². The SMILES string of the molecule is CCCCCC(c1ccc(C(=O)NCCC(=O)O)cc1)N1C(=O)C(c2cccc(Cl)c2)=NC1(C)CCC(C)C(C)(C)C. The first-order chi connectivity index (χ1) is 19.8. The maximum atomic E-state index is 14.3. The van der Waals surface area contributed by atoms with E-state index >= 15 is 0 Å². The molecule has 228 valence electrons. The molecule has 0 aliphatic carbocycles. The first-order valence-electron chi connectivity index (χ1n) is 15.1. The van der Waals surface area contributed by atoms with Crippen LogP contribution in [-0.2, 0) is 9.59 Å². The maximum Gasteiger partial charge on any atom is 0.305 e. The van der Waals surface area contributed by atoms with Gasteiger partial charge < -0.3 is 15.3 Å². The first-order valence-corrected chi connectivity index (χ1v) is 15.4. The average molecular weight is 596 g/mol. The van der Waals surface area contributed by atoms with Gasteiger partial charge in [-0.3, -0.25) is 19.4 Å². The number of hydrogen-bond donors (Lipinski definition) is 2. The number of aliphatic imine (C=N–C) groups is 1. The van der Waals surface area contributed by atoms with Gasteiger partial charge in [0.2, 0.25) is 0 Å². The number of amides is 2. The summed E-state index contributed by atoms with van der Waals surface area (Å²) in [4.78, 5) is 44.8. The predicted octanol–water partition coefficient (Wildman–Crippen LogP) is 7.68. The molecule has 0 bridgehead atoms. The molecule has 42 heavy (non-hydrogen) atoms. The second-order valence-electron chi connectivity index (χ2n) is 12.7. The van der Waals surface area contributed by atoms with Crippen LogP contribution < -0.4 is 5.32 Å². The van der Waals surface area contributed by atoms with E-state index in [-0.39, 0.29) is 36.2 Å². The molecule has 2 aromatic carbocycles. The van der Waals surface area contributed by atoms with Gasteiger partial charge in [-0.25, -0.2) is 0 Å². The summed E-state index contributed by atoms with van der Waals surface area (Å²) in [5, 5.41) is 12.1. The van der Waals surface area contributed by atoms with Crippen molar-refractivity contribution in [3.8, 4) is 0 Å². The Bertz CT molecular complexity index is 1280. The van der Waals surface area contributed by atoms with E-state index in [4.69, 9.17) is 21.7 Å². The number of carbonyl (C=O) groups is 3. The minimum atomic E-state index is -0.963. The highest BCUT2D eigenvalue weighted by atomic mass is 35.5. The van der Waals surface area contributed by atoms with Crippen LogP contribution in [0.1, 0.15) is 114 Å². The molecule has 3 rings (SSSR count). The Morgan fingerprint density at radius 3 is 2.38 bits per heavy atom. The van der Waals surface area contributed by atoms with Gasteiger partial charge in [-0.15, -0.1) is 0 Å². The summed E-state index contributed by atoms with van der Waals surface area (Å²) in [5.41, 5.74) is 1.91. The Hall–Kier alpha value is -3.19. The molecule has 1 aliphatic heterocycles. The van der Waals surface area contributed by atoms with E-state index in [2.05, 4.69) is 46.9 Å². The van der Waals surface area contributed by atoms with Crippen molar-refractivity contribution in [2.24, 2.45) is 16.3 Å². The van der Waals surface area contributed by atoms with Crippen LogP contribution in [0.2, 0.25) is 5.02 Å². The summed E-state index contributed by atoms with van der Waals surface area (Å²) >= 11 is 6.32. The molecule has 3 atom stereocenters.